The first kappa shape index (κ1) is 23.1. The minimum atomic E-state index is -1.05. The normalized spacial score (nSPS) is 19.8. The summed E-state index contributed by atoms with van der Waals surface area (Å²) in [6.45, 7) is 0.925. The minimum Gasteiger partial charge on any atom is -0.431 e. The second kappa shape index (κ2) is 9.45. The molecule has 2 heterocycles. The molecule has 0 spiro atoms. The number of nitro benzene ring substituents is 1. The molecule has 0 radical (unpaired) electrons. The monoisotopic (exact) mass is 471 g/mol. The number of nitrogens with one attached hydrogen (secondary N) is 1. The van der Waals surface area contributed by atoms with E-state index in [-0.39, 0.29) is 25.3 Å². The van der Waals surface area contributed by atoms with E-state index in [1.54, 1.807) is 30.3 Å². The number of aliphatic hydroxyl groups excluding tert-OH is 1. The van der Waals surface area contributed by atoms with E-state index in [0.29, 0.717) is 21.9 Å². The lowest BCUT2D eigenvalue weighted by atomic mass is 10.0. The number of aryl methyl sites for hydroxylation is 1. The van der Waals surface area contributed by atoms with Gasteiger partial charge in [-0.3, -0.25) is 24.5 Å². The summed E-state index contributed by atoms with van der Waals surface area (Å²) in [5.74, 6) is 0. The van der Waals surface area contributed by atoms with Crippen molar-refractivity contribution < 1.29 is 29.0 Å². The van der Waals surface area contributed by atoms with Crippen LogP contribution < -0.4 is 11.2 Å². The van der Waals surface area contributed by atoms with E-state index in [1.165, 1.54) is 19.2 Å². The molecule has 0 saturated carbocycles. The van der Waals surface area contributed by atoms with Crippen LogP contribution in [0.2, 0.25) is 0 Å². The van der Waals surface area contributed by atoms with Crippen molar-refractivity contribution in [1.82, 2.24) is 9.55 Å². The molecule has 2 N–H and O–H groups in total. The standard InChI is InChI=1S/C22H21N3O9/c1-12-9-24(21(28)23-20(12)27)18-8-16(26)17(34-18)11-33-22(29)32-10-14-6-2-4-13-5-3-7-15(19(13)14)25(30)31/h2-7,9,16-18,26H,8,10-11H2,1H3,(H,23,27,28)/t16?,17-,18-/m1/s1. The molecule has 0 bridgehead atoms. The number of aromatic amines is 1. The highest BCUT2D eigenvalue weighted by Gasteiger charge is 2.36. The Morgan fingerprint density at radius 1 is 1.26 bits per heavy atom. The average Bonchev–Trinajstić information content (AvgIpc) is 3.18. The molecule has 178 valence electrons. The molecule has 3 aromatic rings. The van der Waals surface area contributed by atoms with E-state index in [1.807, 2.05) is 0 Å². The highest BCUT2D eigenvalue weighted by molar-refractivity contribution is 5.93. The fourth-order valence-corrected chi connectivity index (χ4v) is 3.83. The van der Waals surface area contributed by atoms with Crippen LogP contribution in [-0.2, 0) is 20.8 Å². The van der Waals surface area contributed by atoms with Crippen molar-refractivity contribution in [2.45, 2.75) is 38.4 Å². The summed E-state index contributed by atoms with van der Waals surface area (Å²) in [4.78, 5) is 48.7. The number of carbonyl (C=O) groups excluding carboxylic acids is 1. The zero-order chi connectivity index (χ0) is 24.4. The van der Waals surface area contributed by atoms with Gasteiger partial charge in [0.1, 0.15) is 25.5 Å². The van der Waals surface area contributed by atoms with E-state index in [9.17, 15) is 29.6 Å². The first-order chi connectivity index (χ1) is 16.2. The molecule has 3 atom stereocenters. The number of ether oxygens (including phenoxy) is 3. The largest absolute Gasteiger partial charge is 0.508 e. The summed E-state index contributed by atoms with van der Waals surface area (Å²) >= 11 is 0. The number of nitrogens with zero attached hydrogens (tertiary/aromatic N) is 2. The Kier molecular flexibility index (Phi) is 6.43. The van der Waals surface area contributed by atoms with E-state index >= 15 is 0 Å². The fourth-order valence-electron chi connectivity index (χ4n) is 3.83. The van der Waals surface area contributed by atoms with E-state index in [0.717, 1.165) is 4.57 Å². The molecule has 1 aliphatic heterocycles. The van der Waals surface area contributed by atoms with Crippen LogP contribution in [0.4, 0.5) is 10.5 Å². The van der Waals surface area contributed by atoms with Gasteiger partial charge < -0.3 is 19.3 Å². The number of hydrogen-bond acceptors (Lipinski definition) is 9. The van der Waals surface area contributed by atoms with Crippen LogP contribution in [0.1, 0.15) is 23.8 Å². The third-order valence-corrected chi connectivity index (χ3v) is 5.54. The zero-order valence-electron chi connectivity index (χ0n) is 18.0. The van der Waals surface area contributed by atoms with Crippen molar-refractivity contribution >= 4 is 22.6 Å². The van der Waals surface area contributed by atoms with Gasteiger partial charge in [-0.2, -0.15) is 0 Å². The van der Waals surface area contributed by atoms with Gasteiger partial charge in [-0.05, 0) is 12.3 Å². The molecule has 1 fully saturated rings. The molecule has 12 nitrogen and oxygen atoms in total. The number of nitro groups is 1. The van der Waals surface area contributed by atoms with Crippen LogP contribution in [0.5, 0.6) is 0 Å². The maximum Gasteiger partial charge on any atom is 0.508 e. The number of carbonyl (C=O) groups is 1. The molecule has 1 aromatic heterocycles. The lowest BCUT2D eigenvalue weighted by Crippen LogP contribution is -2.33. The number of aromatic nitrogens is 2. The van der Waals surface area contributed by atoms with Crippen LogP contribution in [0.15, 0.2) is 52.2 Å². The van der Waals surface area contributed by atoms with Gasteiger partial charge in [-0.15, -0.1) is 0 Å². The van der Waals surface area contributed by atoms with Gasteiger partial charge in [0.15, 0.2) is 0 Å². The van der Waals surface area contributed by atoms with E-state index < -0.39 is 40.8 Å². The Morgan fingerprint density at radius 2 is 2.00 bits per heavy atom. The fraction of sp³-hybridized carbons (Fsp3) is 0.318. The third-order valence-electron chi connectivity index (χ3n) is 5.54. The minimum absolute atomic E-state index is 0.0497. The van der Waals surface area contributed by atoms with Gasteiger partial charge >= 0.3 is 11.8 Å². The zero-order valence-corrected chi connectivity index (χ0v) is 18.0. The smallest absolute Gasteiger partial charge is 0.431 e. The second-order valence-corrected chi connectivity index (χ2v) is 7.81. The molecule has 12 heteroatoms. The highest BCUT2D eigenvalue weighted by atomic mass is 16.7. The predicted octanol–water partition coefficient (Wildman–Crippen LogP) is 1.91. The molecule has 4 rings (SSSR count). The van der Waals surface area contributed by atoms with Crippen LogP contribution in [0.25, 0.3) is 10.8 Å². The predicted molar refractivity (Wildman–Crippen MR) is 117 cm³/mol. The van der Waals surface area contributed by atoms with Crippen molar-refractivity contribution in [3.8, 4) is 0 Å². The lowest BCUT2D eigenvalue weighted by Gasteiger charge is -2.16. The summed E-state index contributed by atoms with van der Waals surface area (Å²) in [5.41, 5.74) is -0.565. The highest BCUT2D eigenvalue weighted by Crippen LogP contribution is 2.30. The summed E-state index contributed by atoms with van der Waals surface area (Å²) in [6.07, 6.45) is -2.47. The summed E-state index contributed by atoms with van der Waals surface area (Å²) in [7, 11) is 0. The van der Waals surface area contributed by atoms with Crippen LogP contribution in [0, 0.1) is 17.0 Å². The number of aliphatic hydroxyl groups is 1. The van der Waals surface area contributed by atoms with Gasteiger partial charge in [0.2, 0.25) is 0 Å². The van der Waals surface area contributed by atoms with Gasteiger partial charge in [-0.25, -0.2) is 9.59 Å². The van der Waals surface area contributed by atoms with Crippen molar-refractivity contribution in [3.05, 3.63) is 84.7 Å². The average molecular weight is 471 g/mol. The second-order valence-electron chi connectivity index (χ2n) is 7.81. The molecule has 1 aliphatic rings. The number of benzene rings is 2. The topological polar surface area (TPSA) is 163 Å². The lowest BCUT2D eigenvalue weighted by molar-refractivity contribution is -0.383. The quantitative estimate of drug-likeness (QED) is 0.310. The van der Waals surface area contributed by atoms with Crippen molar-refractivity contribution in [1.29, 1.82) is 0 Å². The van der Waals surface area contributed by atoms with Gasteiger partial charge in [0.25, 0.3) is 11.2 Å². The number of non-ortho nitro benzene ring substituents is 1. The van der Waals surface area contributed by atoms with E-state index in [2.05, 4.69) is 4.98 Å². The number of H-pyrrole nitrogens is 1. The molecule has 34 heavy (non-hydrogen) atoms. The Morgan fingerprint density at radius 3 is 2.74 bits per heavy atom. The summed E-state index contributed by atoms with van der Waals surface area (Å²) < 4.78 is 16.9. The Bertz CT molecular complexity index is 1360. The molecule has 1 saturated heterocycles. The van der Waals surface area contributed by atoms with Gasteiger partial charge in [-0.1, -0.05) is 30.3 Å². The van der Waals surface area contributed by atoms with Gasteiger partial charge in [0.05, 0.1) is 16.4 Å². The molecular formula is C22H21N3O9. The third kappa shape index (κ3) is 4.67. The van der Waals surface area contributed by atoms with Crippen molar-refractivity contribution in [2.24, 2.45) is 0 Å². The molecular weight excluding hydrogens is 450 g/mol. The molecule has 2 aromatic carbocycles. The first-order valence-corrected chi connectivity index (χ1v) is 10.3. The molecule has 1 unspecified atom stereocenters. The van der Waals surface area contributed by atoms with Crippen LogP contribution in [-0.4, -0.2) is 44.6 Å². The van der Waals surface area contributed by atoms with E-state index in [4.69, 9.17) is 14.2 Å². The Labute approximate surface area is 191 Å². The first-order valence-electron chi connectivity index (χ1n) is 10.3. The number of hydrogen-bond donors (Lipinski definition) is 2. The Balaban J connectivity index is 1.37. The maximum absolute atomic E-state index is 12.1. The van der Waals surface area contributed by atoms with Crippen LogP contribution in [0.3, 0.4) is 0 Å². The number of fused-ring (bicyclic) bond motifs is 1. The molecule has 0 aliphatic carbocycles. The number of rotatable bonds is 6. The molecule has 0 amide bonds. The maximum atomic E-state index is 12.1. The Hall–Kier alpha value is -4.03. The van der Waals surface area contributed by atoms with Crippen molar-refractivity contribution in [2.75, 3.05) is 6.61 Å². The van der Waals surface area contributed by atoms with Gasteiger partial charge in [0, 0.05) is 29.8 Å². The van der Waals surface area contributed by atoms with Crippen LogP contribution >= 0.6 is 0 Å². The van der Waals surface area contributed by atoms with Crippen molar-refractivity contribution in [3.63, 3.8) is 0 Å². The summed E-state index contributed by atoms with van der Waals surface area (Å²) in [5, 5.41) is 22.6. The SMILES string of the molecule is Cc1cn([C@H]2CC(O)[C@@H](COC(=O)OCc3cccc4cccc([N+](=O)[O-])c34)O2)c(=O)[nH]c1=O. The summed E-state index contributed by atoms with van der Waals surface area (Å²) in [6, 6.07) is 9.68.